The van der Waals surface area contributed by atoms with E-state index in [9.17, 15) is 9.90 Å². The van der Waals surface area contributed by atoms with Gasteiger partial charge in [-0.25, -0.2) is 0 Å². The van der Waals surface area contributed by atoms with Crippen LogP contribution < -0.4 is 5.32 Å². The second-order valence-corrected chi connectivity index (χ2v) is 9.89. The number of nitrogens with zero attached hydrogens (tertiary/aromatic N) is 1. The van der Waals surface area contributed by atoms with Crippen molar-refractivity contribution in [2.24, 2.45) is 11.8 Å². The lowest BCUT2D eigenvalue weighted by Crippen LogP contribution is -2.49. The van der Waals surface area contributed by atoms with E-state index in [0.717, 1.165) is 44.6 Å². The molecule has 1 aliphatic heterocycles. The first kappa shape index (κ1) is 20.9. The Bertz CT molecular complexity index is 690. The summed E-state index contributed by atoms with van der Waals surface area (Å²) in [6, 6.07) is 8.96. The molecular weight excluding hydrogens is 360 g/mol. The molecule has 4 rings (SSSR count). The zero-order valence-corrected chi connectivity index (χ0v) is 18.0. The fraction of sp³-hybridized carbons (Fsp3) is 0.720. The summed E-state index contributed by atoms with van der Waals surface area (Å²) < 4.78 is 0. The zero-order chi connectivity index (χ0) is 20.3. The van der Waals surface area contributed by atoms with Gasteiger partial charge >= 0.3 is 0 Å². The van der Waals surface area contributed by atoms with Gasteiger partial charge in [0.25, 0.3) is 0 Å². The van der Waals surface area contributed by atoms with Crippen molar-refractivity contribution in [2.75, 3.05) is 19.6 Å². The lowest BCUT2D eigenvalue weighted by Gasteiger charge is -2.44. The Kier molecular flexibility index (Phi) is 6.60. The molecule has 1 aromatic rings. The lowest BCUT2D eigenvalue weighted by molar-refractivity contribution is -0.135. The highest BCUT2D eigenvalue weighted by atomic mass is 16.3. The average Bonchev–Trinajstić information content (AvgIpc) is 2.74. The highest BCUT2D eigenvalue weighted by molar-refractivity contribution is 5.79. The minimum absolute atomic E-state index is 0.197. The van der Waals surface area contributed by atoms with Gasteiger partial charge in [-0.3, -0.25) is 4.79 Å². The van der Waals surface area contributed by atoms with Crippen LogP contribution in [-0.4, -0.2) is 41.1 Å². The van der Waals surface area contributed by atoms with E-state index in [1.54, 1.807) is 0 Å². The number of hydrogen-bond acceptors (Lipinski definition) is 3. The number of fused-ring (bicyclic) bond motifs is 1. The summed E-state index contributed by atoms with van der Waals surface area (Å²) >= 11 is 0. The molecule has 0 spiro atoms. The Morgan fingerprint density at radius 2 is 1.86 bits per heavy atom. The van der Waals surface area contributed by atoms with Crippen molar-refractivity contribution in [3.05, 3.63) is 35.4 Å². The molecule has 0 bridgehead atoms. The summed E-state index contributed by atoms with van der Waals surface area (Å²) in [6.45, 7) is 4.05. The van der Waals surface area contributed by atoms with Gasteiger partial charge in [0.2, 0.25) is 5.91 Å². The second kappa shape index (κ2) is 9.18. The molecule has 1 unspecified atom stereocenters. The van der Waals surface area contributed by atoms with E-state index in [1.165, 1.54) is 43.2 Å². The molecule has 3 aliphatic rings. The Labute approximate surface area is 176 Å². The lowest BCUT2D eigenvalue weighted by atomic mass is 9.74. The molecule has 4 nitrogen and oxygen atoms in total. The third kappa shape index (κ3) is 4.86. The van der Waals surface area contributed by atoms with E-state index >= 15 is 0 Å². The Morgan fingerprint density at radius 3 is 2.62 bits per heavy atom. The number of rotatable bonds is 5. The summed E-state index contributed by atoms with van der Waals surface area (Å²) in [7, 11) is 0. The molecule has 160 valence electrons. The Hall–Kier alpha value is -1.39. The number of amides is 1. The fourth-order valence-corrected chi connectivity index (χ4v) is 5.88. The summed E-state index contributed by atoms with van der Waals surface area (Å²) in [6.07, 6.45) is 11.1. The number of nitrogens with one attached hydrogen (secondary N) is 1. The van der Waals surface area contributed by atoms with Crippen LogP contribution >= 0.6 is 0 Å². The van der Waals surface area contributed by atoms with Crippen LogP contribution in [0.15, 0.2) is 24.3 Å². The van der Waals surface area contributed by atoms with Crippen molar-refractivity contribution in [3.63, 3.8) is 0 Å². The van der Waals surface area contributed by atoms with Crippen LogP contribution in [0, 0.1) is 11.8 Å². The third-order valence-corrected chi connectivity index (χ3v) is 7.67. The number of hydrogen-bond donors (Lipinski definition) is 2. The minimum atomic E-state index is -0.619. The summed E-state index contributed by atoms with van der Waals surface area (Å²) in [4.78, 5) is 15.4. The standard InChI is InChI=1S/C25H38N2O2/c1-19-9-11-21(12-10-19)24-22-8-4-3-7-20(22)13-16-27(24)23(28)17-26-18-25(29)14-5-2-6-15-25/h3-4,7-8,19,21,24,26,29H,2,5-6,9-18H2,1H3/t19-,21-,24?. The van der Waals surface area contributed by atoms with E-state index in [1.807, 2.05) is 0 Å². The van der Waals surface area contributed by atoms with Crippen LogP contribution in [0.3, 0.4) is 0 Å². The molecule has 0 aromatic heterocycles. The Balaban J connectivity index is 1.43. The summed E-state index contributed by atoms with van der Waals surface area (Å²) in [5.74, 6) is 1.58. The summed E-state index contributed by atoms with van der Waals surface area (Å²) in [5, 5.41) is 14.0. The van der Waals surface area contributed by atoms with Gasteiger partial charge in [0.1, 0.15) is 0 Å². The predicted octanol–water partition coefficient (Wildman–Crippen LogP) is 4.22. The first-order valence-corrected chi connectivity index (χ1v) is 11.9. The molecule has 2 aliphatic carbocycles. The summed E-state index contributed by atoms with van der Waals surface area (Å²) in [5.41, 5.74) is 2.17. The topological polar surface area (TPSA) is 52.6 Å². The molecule has 1 amide bonds. The van der Waals surface area contributed by atoms with Gasteiger partial charge in [0.05, 0.1) is 18.2 Å². The van der Waals surface area contributed by atoms with Crippen molar-refractivity contribution >= 4 is 5.91 Å². The van der Waals surface area contributed by atoms with Gasteiger partial charge in [0.15, 0.2) is 0 Å². The van der Waals surface area contributed by atoms with Crippen LogP contribution in [0.2, 0.25) is 0 Å². The zero-order valence-electron chi connectivity index (χ0n) is 18.0. The molecule has 1 atom stereocenters. The highest BCUT2D eigenvalue weighted by Gasteiger charge is 2.37. The molecule has 1 heterocycles. The van der Waals surface area contributed by atoms with Gasteiger partial charge in [-0.1, -0.05) is 63.3 Å². The monoisotopic (exact) mass is 398 g/mol. The van der Waals surface area contributed by atoms with E-state index in [4.69, 9.17) is 0 Å². The number of benzene rings is 1. The van der Waals surface area contributed by atoms with Crippen LogP contribution in [-0.2, 0) is 11.2 Å². The molecule has 4 heteroatoms. The van der Waals surface area contributed by atoms with E-state index in [0.29, 0.717) is 19.0 Å². The van der Waals surface area contributed by atoms with E-state index < -0.39 is 5.60 Å². The maximum Gasteiger partial charge on any atom is 0.237 e. The third-order valence-electron chi connectivity index (χ3n) is 7.67. The first-order chi connectivity index (χ1) is 14.1. The van der Waals surface area contributed by atoms with Crippen LogP contribution in [0.4, 0.5) is 0 Å². The van der Waals surface area contributed by atoms with Crippen LogP contribution in [0.25, 0.3) is 0 Å². The van der Waals surface area contributed by atoms with Gasteiger partial charge in [-0.15, -0.1) is 0 Å². The van der Waals surface area contributed by atoms with Gasteiger partial charge in [-0.2, -0.15) is 0 Å². The van der Waals surface area contributed by atoms with Crippen molar-refractivity contribution in [3.8, 4) is 0 Å². The van der Waals surface area contributed by atoms with E-state index in [2.05, 4.69) is 41.4 Å². The SMILES string of the molecule is C[C@H]1CC[C@H](C2c3ccccc3CCN2C(=O)CNCC2(O)CCCCC2)CC1. The molecule has 29 heavy (non-hydrogen) atoms. The molecule has 2 N–H and O–H groups in total. The quantitative estimate of drug-likeness (QED) is 0.781. The predicted molar refractivity (Wildman–Crippen MR) is 117 cm³/mol. The van der Waals surface area contributed by atoms with Gasteiger partial charge in [-0.05, 0) is 55.1 Å². The number of carbonyl (C=O) groups is 1. The molecule has 2 saturated carbocycles. The number of carbonyl (C=O) groups excluding carboxylic acids is 1. The highest BCUT2D eigenvalue weighted by Crippen LogP contribution is 2.43. The largest absolute Gasteiger partial charge is 0.389 e. The van der Waals surface area contributed by atoms with Gasteiger partial charge < -0.3 is 15.3 Å². The molecular formula is C25H38N2O2. The molecule has 1 aromatic carbocycles. The molecule has 0 radical (unpaired) electrons. The maximum atomic E-state index is 13.3. The van der Waals surface area contributed by atoms with Crippen molar-refractivity contribution in [1.29, 1.82) is 0 Å². The van der Waals surface area contributed by atoms with Crippen LogP contribution in [0.1, 0.15) is 81.9 Å². The van der Waals surface area contributed by atoms with Crippen molar-refractivity contribution in [1.82, 2.24) is 10.2 Å². The molecule has 0 saturated heterocycles. The first-order valence-electron chi connectivity index (χ1n) is 11.9. The van der Waals surface area contributed by atoms with Crippen molar-refractivity contribution < 1.29 is 9.90 Å². The number of aliphatic hydroxyl groups is 1. The van der Waals surface area contributed by atoms with E-state index in [-0.39, 0.29) is 11.9 Å². The second-order valence-electron chi connectivity index (χ2n) is 9.89. The Morgan fingerprint density at radius 1 is 1.14 bits per heavy atom. The van der Waals surface area contributed by atoms with Gasteiger partial charge in [0, 0.05) is 13.1 Å². The fourth-order valence-electron chi connectivity index (χ4n) is 5.88. The molecule has 2 fully saturated rings. The minimum Gasteiger partial charge on any atom is -0.389 e. The average molecular weight is 399 g/mol. The van der Waals surface area contributed by atoms with Crippen molar-refractivity contribution in [2.45, 2.75) is 82.8 Å². The normalized spacial score (nSPS) is 29.3. The maximum absolute atomic E-state index is 13.3. The smallest absolute Gasteiger partial charge is 0.237 e. The van der Waals surface area contributed by atoms with Crippen LogP contribution in [0.5, 0.6) is 0 Å².